The van der Waals surface area contributed by atoms with Crippen LogP contribution in [0.2, 0.25) is 0 Å². The summed E-state index contributed by atoms with van der Waals surface area (Å²) in [6, 6.07) is 13.0. The molecule has 2 aliphatic heterocycles. The quantitative estimate of drug-likeness (QED) is 0.726. The van der Waals surface area contributed by atoms with Crippen molar-refractivity contribution in [3.8, 4) is 0 Å². The number of hydrogen-bond acceptors (Lipinski definition) is 4. The third-order valence-corrected chi connectivity index (χ3v) is 6.31. The molecular weight excluding hydrogens is 378 g/mol. The Morgan fingerprint density at radius 3 is 2.63 bits per heavy atom. The Morgan fingerprint density at radius 1 is 1.13 bits per heavy atom. The van der Waals surface area contributed by atoms with Crippen LogP contribution in [0.1, 0.15) is 36.2 Å². The van der Waals surface area contributed by atoms with Crippen molar-refractivity contribution in [2.75, 3.05) is 30.4 Å². The first-order valence-electron chi connectivity index (χ1n) is 10.4. The smallest absolute Gasteiger partial charge is 0.259 e. The SMILES string of the molecule is CC(C(=O)Nc1ccnn1C1CCN(C)CC1)N1C(=O)c2cccc3cccc1c23. The van der Waals surface area contributed by atoms with Crippen LogP contribution in [0.25, 0.3) is 10.8 Å². The largest absolute Gasteiger partial charge is 0.309 e. The van der Waals surface area contributed by atoms with Crippen LogP contribution in [0.15, 0.2) is 48.7 Å². The van der Waals surface area contributed by atoms with Gasteiger partial charge in [0.15, 0.2) is 0 Å². The Hall–Kier alpha value is -3.19. The molecule has 1 N–H and O–H groups in total. The predicted molar refractivity (Wildman–Crippen MR) is 117 cm³/mol. The fourth-order valence-electron chi connectivity index (χ4n) is 4.62. The molecule has 2 aliphatic rings. The monoisotopic (exact) mass is 403 g/mol. The highest BCUT2D eigenvalue weighted by atomic mass is 16.2. The molecule has 0 saturated carbocycles. The first kappa shape index (κ1) is 18.8. The first-order valence-corrected chi connectivity index (χ1v) is 10.4. The van der Waals surface area contributed by atoms with Gasteiger partial charge in [-0.05, 0) is 57.4 Å². The van der Waals surface area contributed by atoms with Gasteiger partial charge in [-0.3, -0.25) is 14.5 Å². The standard InChI is InChI=1S/C23H25N5O2/c1-15(27-19-8-4-6-16-5-3-7-18(21(16)19)23(27)30)22(29)25-20-9-12-24-28(20)17-10-13-26(2)14-11-17/h3-9,12,15,17H,10-11,13-14H2,1-2H3,(H,25,29). The third kappa shape index (κ3) is 2.97. The molecule has 3 aromatic rings. The van der Waals surface area contributed by atoms with Crippen molar-refractivity contribution in [3.05, 3.63) is 54.2 Å². The van der Waals surface area contributed by atoms with E-state index in [1.54, 1.807) is 18.0 Å². The lowest BCUT2D eigenvalue weighted by Gasteiger charge is -2.30. The van der Waals surface area contributed by atoms with Crippen LogP contribution in [-0.4, -0.2) is 52.7 Å². The van der Waals surface area contributed by atoms with E-state index in [1.165, 1.54) is 0 Å². The van der Waals surface area contributed by atoms with Crippen LogP contribution in [0.4, 0.5) is 11.5 Å². The summed E-state index contributed by atoms with van der Waals surface area (Å²) in [5, 5.41) is 9.39. The van der Waals surface area contributed by atoms with Crippen molar-refractivity contribution in [3.63, 3.8) is 0 Å². The fraction of sp³-hybridized carbons (Fsp3) is 0.348. The predicted octanol–water partition coefficient (Wildman–Crippen LogP) is 3.29. The second-order valence-electron chi connectivity index (χ2n) is 8.22. The maximum Gasteiger partial charge on any atom is 0.259 e. The Labute approximate surface area is 175 Å². The first-order chi connectivity index (χ1) is 14.5. The zero-order chi connectivity index (χ0) is 20.8. The number of amides is 2. The van der Waals surface area contributed by atoms with Gasteiger partial charge in [0.25, 0.3) is 5.91 Å². The molecule has 1 unspecified atom stereocenters. The second-order valence-corrected chi connectivity index (χ2v) is 8.22. The average molecular weight is 403 g/mol. The molecule has 1 aromatic heterocycles. The van der Waals surface area contributed by atoms with Gasteiger partial charge < -0.3 is 10.2 Å². The Kier molecular flexibility index (Phi) is 4.55. The number of benzene rings is 2. The van der Waals surface area contributed by atoms with Crippen LogP contribution in [-0.2, 0) is 4.79 Å². The lowest BCUT2D eigenvalue weighted by atomic mass is 10.1. The molecule has 0 aliphatic carbocycles. The van der Waals surface area contributed by atoms with Gasteiger partial charge in [0, 0.05) is 17.0 Å². The molecule has 1 atom stereocenters. The van der Waals surface area contributed by atoms with E-state index in [1.807, 2.05) is 47.1 Å². The van der Waals surface area contributed by atoms with E-state index in [4.69, 9.17) is 0 Å². The summed E-state index contributed by atoms with van der Waals surface area (Å²) in [4.78, 5) is 30.1. The summed E-state index contributed by atoms with van der Waals surface area (Å²) in [6.07, 6.45) is 3.72. The molecule has 7 nitrogen and oxygen atoms in total. The number of aromatic nitrogens is 2. The normalized spacial score (nSPS) is 18.2. The highest BCUT2D eigenvalue weighted by Gasteiger charge is 2.36. The summed E-state index contributed by atoms with van der Waals surface area (Å²) in [5.74, 6) is 0.333. The van der Waals surface area contributed by atoms with Crippen molar-refractivity contribution < 1.29 is 9.59 Å². The van der Waals surface area contributed by atoms with E-state index in [0.29, 0.717) is 11.4 Å². The maximum absolute atomic E-state index is 13.1. The lowest BCUT2D eigenvalue weighted by Crippen LogP contribution is -2.44. The Bertz CT molecular complexity index is 1120. The molecule has 1 saturated heterocycles. The van der Waals surface area contributed by atoms with Crippen LogP contribution in [0.3, 0.4) is 0 Å². The van der Waals surface area contributed by atoms with E-state index in [-0.39, 0.29) is 17.9 Å². The summed E-state index contributed by atoms with van der Waals surface area (Å²) >= 11 is 0. The molecule has 2 aromatic carbocycles. The van der Waals surface area contributed by atoms with Crippen LogP contribution >= 0.6 is 0 Å². The molecule has 0 bridgehead atoms. The van der Waals surface area contributed by atoms with Gasteiger partial charge in [0.05, 0.1) is 17.9 Å². The van der Waals surface area contributed by atoms with Crippen molar-refractivity contribution in [2.24, 2.45) is 0 Å². The molecule has 154 valence electrons. The van der Waals surface area contributed by atoms with Crippen molar-refractivity contribution in [1.29, 1.82) is 0 Å². The zero-order valence-corrected chi connectivity index (χ0v) is 17.2. The number of rotatable bonds is 4. The molecule has 1 fully saturated rings. The van der Waals surface area contributed by atoms with Gasteiger partial charge in [-0.2, -0.15) is 5.10 Å². The Morgan fingerprint density at radius 2 is 1.87 bits per heavy atom. The summed E-state index contributed by atoms with van der Waals surface area (Å²) < 4.78 is 1.92. The minimum atomic E-state index is -0.642. The van der Waals surface area contributed by atoms with Gasteiger partial charge in [-0.1, -0.05) is 24.3 Å². The van der Waals surface area contributed by atoms with Crippen molar-refractivity contribution in [1.82, 2.24) is 14.7 Å². The van der Waals surface area contributed by atoms with Crippen LogP contribution in [0.5, 0.6) is 0 Å². The zero-order valence-electron chi connectivity index (χ0n) is 17.2. The van der Waals surface area contributed by atoms with Crippen molar-refractivity contribution >= 4 is 34.1 Å². The van der Waals surface area contributed by atoms with Gasteiger partial charge in [-0.25, -0.2) is 4.68 Å². The number of carbonyl (C=O) groups is 2. The van der Waals surface area contributed by atoms with E-state index < -0.39 is 6.04 Å². The molecule has 2 amide bonds. The summed E-state index contributed by atoms with van der Waals surface area (Å²) in [6.45, 7) is 3.80. The number of likely N-dealkylation sites (tertiary alicyclic amines) is 1. The minimum absolute atomic E-state index is 0.131. The summed E-state index contributed by atoms with van der Waals surface area (Å²) in [7, 11) is 2.12. The van der Waals surface area contributed by atoms with Crippen molar-refractivity contribution in [2.45, 2.75) is 31.8 Å². The summed E-state index contributed by atoms with van der Waals surface area (Å²) in [5.41, 5.74) is 1.44. The molecular formula is C23H25N5O2. The van der Waals surface area contributed by atoms with Gasteiger partial charge in [0.1, 0.15) is 11.9 Å². The maximum atomic E-state index is 13.1. The van der Waals surface area contributed by atoms with Crippen LogP contribution < -0.4 is 10.2 Å². The molecule has 5 rings (SSSR count). The Balaban J connectivity index is 1.38. The number of nitrogens with one attached hydrogen (secondary N) is 1. The number of piperidine rings is 1. The minimum Gasteiger partial charge on any atom is -0.309 e. The second kappa shape index (κ2) is 7.25. The molecule has 0 spiro atoms. The van der Waals surface area contributed by atoms with E-state index >= 15 is 0 Å². The van der Waals surface area contributed by atoms with E-state index in [9.17, 15) is 9.59 Å². The van der Waals surface area contributed by atoms with Crippen LogP contribution in [0, 0.1) is 0 Å². The highest BCUT2D eigenvalue weighted by molar-refractivity contribution is 6.26. The average Bonchev–Trinajstić information content (AvgIpc) is 3.32. The van der Waals surface area contributed by atoms with E-state index in [0.717, 1.165) is 42.4 Å². The number of hydrogen-bond donors (Lipinski definition) is 1. The number of nitrogens with zero attached hydrogens (tertiary/aromatic N) is 4. The topological polar surface area (TPSA) is 70.5 Å². The molecule has 0 radical (unpaired) electrons. The number of carbonyl (C=O) groups excluding carboxylic acids is 2. The van der Waals surface area contributed by atoms with E-state index in [2.05, 4.69) is 22.4 Å². The molecule has 30 heavy (non-hydrogen) atoms. The highest BCUT2D eigenvalue weighted by Crippen LogP contribution is 2.38. The lowest BCUT2D eigenvalue weighted by molar-refractivity contribution is -0.117. The van der Waals surface area contributed by atoms with Gasteiger partial charge in [0.2, 0.25) is 5.91 Å². The fourth-order valence-corrected chi connectivity index (χ4v) is 4.62. The molecule has 7 heteroatoms. The van der Waals surface area contributed by atoms with Gasteiger partial charge in [-0.15, -0.1) is 0 Å². The number of anilines is 2. The molecule has 3 heterocycles. The van der Waals surface area contributed by atoms with Gasteiger partial charge >= 0.3 is 0 Å². The third-order valence-electron chi connectivity index (χ3n) is 6.31.